The van der Waals surface area contributed by atoms with Gasteiger partial charge in [0.1, 0.15) is 0 Å². The first-order valence-corrected chi connectivity index (χ1v) is 8.26. The molecule has 0 unspecified atom stereocenters. The number of Topliss-reactive ketones (excluding diaryl/α,β-unsaturated/α-hetero) is 1. The quantitative estimate of drug-likeness (QED) is 0.714. The second kappa shape index (κ2) is 4.34. The minimum Gasteiger partial charge on any atom is -0.504 e. The Hall–Kier alpha value is -0.830. The van der Waals surface area contributed by atoms with Crippen LogP contribution in [0, 0.1) is 22.7 Å². The molecule has 0 radical (unpaired) electrons. The highest BCUT2D eigenvalue weighted by atomic mass is 16.3. The van der Waals surface area contributed by atoms with Crippen LogP contribution in [0.15, 0.2) is 11.3 Å². The minimum atomic E-state index is -0.552. The van der Waals surface area contributed by atoms with E-state index in [1.54, 1.807) is 0 Å². The summed E-state index contributed by atoms with van der Waals surface area (Å²) in [5, 5.41) is 20.5. The van der Waals surface area contributed by atoms with Crippen LogP contribution in [-0.4, -0.2) is 21.6 Å². The lowest BCUT2D eigenvalue weighted by Gasteiger charge is -2.61. The summed E-state index contributed by atoms with van der Waals surface area (Å²) in [6, 6.07) is 0. The summed E-state index contributed by atoms with van der Waals surface area (Å²) in [6.07, 6.45) is 5.20. The number of aliphatic hydroxyl groups excluding tert-OH is 1. The summed E-state index contributed by atoms with van der Waals surface area (Å²) in [5.74, 6) is 0.705. The molecule has 0 aliphatic heterocycles. The monoisotopic (exact) mass is 292 g/mol. The first-order chi connectivity index (χ1) is 9.60. The Morgan fingerprint density at radius 3 is 2.48 bits per heavy atom. The predicted octanol–water partition coefficient (Wildman–Crippen LogP) is 3.76. The van der Waals surface area contributed by atoms with E-state index in [2.05, 4.69) is 13.8 Å². The molecule has 118 valence electrons. The molecule has 0 aromatic rings. The molecular formula is C18H28O3. The van der Waals surface area contributed by atoms with Crippen LogP contribution in [-0.2, 0) is 4.79 Å². The van der Waals surface area contributed by atoms with Crippen LogP contribution >= 0.6 is 0 Å². The Kier molecular flexibility index (Phi) is 3.12. The second-order valence-electron chi connectivity index (χ2n) is 8.51. The molecule has 3 heteroatoms. The molecule has 0 aromatic heterocycles. The van der Waals surface area contributed by atoms with E-state index in [4.69, 9.17) is 0 Å². The maximum atomic E-state index is 12.2. The Balaban J connectivity index is 2.02. The fourth-order valence-electron chi connectivity index (χ4n) is 5.54. The summed E-state index contributed by atoms with van der Waals surface area (Å²) in [5.41, 5.74) is 0.379. The lowest BCUT2D eigenvalue weighted by molar-refractivity contribution is -0.143. The number of ketones is 1. The van der Waals surface area contributed by atoms with Crippen LogP contribution < -0.4 is 0 Å². The third-order valence-corrected chi connectivity index (χ3v) is 7.26. The van der Waals surface area contributed by atoms with Crippen molar-refractivity contribution >= 4 is 5.78 Å². The summed E-state index contributed by atoms with van der Waals surface area (Å²) in [7, 11) is 0. The van der Waals surface area contributed by atoms with Gasteiger partial charge in [0.05, 0.1) is 5.60 Å². The van der Waals surface area contributed by atoms with Gasteiger partial charge >= 0.3 is 0 Å². The predicted molar refractivity (Wildman–Crippen MR) is 81.9 cm³/mol. The molecule has 3 aliphatic rings. The van der Waals surface area contributed by atoms with Crippen molar-refractivity contribution < 1.29 is 15.0 Å². The highest BCUT2D eigenvalue weighted by Crippen LogP contribution is 2.65. The molecule has 0 aromatic carbocycles. The minimum absolute atomic E-state index is 0.0126. The zero-order valence-electron chi connectivity index (χ0n) is 13.7. The zero-order chi connectivity index (χ0) is 15.6. The molecule has 0 bridgehead atoms. The topological polar surface area (TPSA) is 57.5 Å². The van der Waals surface area contributed by atoms with Gasteiger partial charge in [0.25, 0.3) is 0 Å². The average Bonchev–Trinajstić information content (AvgIpc) is 2.41. The van der Waals surface area contributed by atoms with Crippen LogP contribution in [0.2, 0.25) is 0 Å². The number of fused-ring (bicyclic) bond motifs is 3. The number of hydrogen-bond acceptors (Lipinski definition) is 3. The third kappa shape index (κ3) is 2.00. The summed E-state index contributed by atoms with van der Waals surface area (Å²) >= 11 is 0. The third-order valence-electron chi connectivity index (χ3n) is 7.26. The van der Waals surface area contributed by atoms with Gasteiger partial charge in [-0.2, -0.15) is 0 Å². The Labute approximate surface area is 127 Å². The fraction of sp³-hybridized carbons (Fsp3) is 0.833. The molecule has 2 fully saturated rings. The molecule has 0 amide bonds. The van der Waals surface area contributed by atoms with E-state index in [-0.39, 0.29) is 22.4 Å². The van der Waals surface area contributed by atoms with Crippen LogP contribution in [0.25, 0.3) is 0 Å². The van der Waals surface area contributed by atoms with E-state index in [1.807, 2.05) is 13.8 Å². The lowest BCUT2D eigenvalue weighted by atomic mass is 9.43. The first kappa shape index (κ1) is 15.1. The van der Waals surface area contributed by atoms with Crippen molar-refractivity contribution in [2.45, 2.75) is 71.8 Å². The van der Waals surface area contributed by atoms with E-state index in [1.165, 1.54) is 0 Å². The van der Waals surface area contributed by atoms with Crippen LogP contribution in [0.1, 0.15) is 66.2 Å². The maximum Gasteiger partial charge on any atom is 0.197 e. The van der Waals surface area contributed by atoms with Crippen LogP contribution in [0.4, 0.5) is 0 Å². The maximum absolute atomic E-state index is 12.2. The number of hydrogen-bond donors (Lipinski definition) is 2. The molecule has 3 rings (SSSR count). The van der Waals surface area contributed by atoms with Crippen molar-refractivity contribution in [3.63, 3.8) is 0 Å². The summed E-state index contributed by atoms with van der Waals surface area (Å²) < 4.78 is 0. The molecule has 2 N–H and O–H groups in total. The van der Waals surface area contributed by atoms with E-state index in [0.29, 0.717) is 18.3 Å². The van der Waals surface area contributed by atoms with Crippen molar-refractivity contribution in [3.8, 4) is 0 Å². The largest absolute Gasteiger partial charge is 0.504 e. The number of rotatable bonds is 0. The summed E-state index contributed by atoms with van der Waals surface area (Å²) in [6.45, 7) is 8.42. The SMILES string of the molecule is CC1=C(O)C(=O)C[C@@H]2[C@@]3(C)CC[C@](C)(O)C[C@@H]3CC[C@]12C. The molecule has 2 saturated carbocycles. The molecule has 0 saturated heterocycles. The van der Waals surface area contributed by atoms with E-state index < -0.39 is 5.60 Å². The Bertz CT molecular complexity index is 519. The Morgan fingerprint density at radius 1 is 1.14 bits per heavy atom. The van der Waals surface area contributed by atoms with Gasteiger partial charge in [-0.1, -0.05) is 13.8 Å². The van der Waals surface area contributed by atoms with Crippen molar-refractivity contribution in [3.05, 3.63) is 11.3 Å². The second-order valence-corrected chi connectivity index (χ2v) is 8.51. The van der Waals surface area contributed by atoms with E-state index >= 15 is 0 Å². The molecule has 21 heavy (non-hydrogen) atoms. The van der Waals surface area contributed by atoms with Crippen LogP contribution in [0.5, 0.6) is 0 Å². The average molecular weight is 292 g/mol. The highest BCUT2D eigenvalue weighted by Gasteiger charge is 2.59. The van der Waals surface area contributed by atoms with Crippen molar-refractivity contribution in [1.82, 2.24) is 0 Å². The van der Waals surface area contributed by atoms with Crippen molar-refractivity contribution in [2.75, 3.05) is 0 Å². The molecular weight excluding hydrogens is 264 g/mol. The van der Waals surface area contributed by atoms with Gasteiger partial charge in [0.15, 0.2) is 11.5 Å². The van der Waals surface area contributed by atoms with E-state index in [9.17, 15) is 15.0 Å². The Morgan fingerprint density at radius 2 is 1.81 bits per heavy atom. The normalized spacial score (nSPS) is 50.6. The molecule has 0 heterocycles. The van der Waals surface area contributed by atoms with E-state index in [0.717, 1.165) is 37.7 Å². The molecule has 3 nitrogen and oxygen atoms in total. The fourth-order valence-corrected chi connectivity index (χ4v) is 5.54. The first-order valence-electron chi connectivity index (χ1n) is 8.26. The molecule has 3 aliphatic carbocycles. The molecule has 0 spiro atoms. The summed E-state index contributed by atoms with van der Waals surface area (Å²) in [4.78, 5) is 12.2. The lowest BCUT2D eigenvalue weighted by Crippen LogP contribution is -2.56. The smallest absolute Gasteiger partial charge is 0.197 e. The van der Waals surface area contributed by atoms with Gasteiger partial charge in [-0.05, 0) is 74.2 Å². The van der Waals surface area contributed by atoms with Gasteiger partial charge in [-0.15, -0.1) is 0 Å². The zero-order valence-corrected chi connectivity index (χ0v) is 13.7. The number of aliphatic hydroxyl groups is 2. The van der Waals surface area contributed by atoms with Crippen LogP contribution in [0.3, 0.4) is 0 Å². The standard InChI is InChI=1S/C18H28O3/c1-11-15(20)13(19)9-14-17(11,3)6-5-12-10-16(2,21)7-8-18(12,14)4/h12,14,20-21H,5-10H2,1-4H3/t12-,14-,16-,17+,18-/m0/s1. The number of carbonyl (C=O) groups excluding carboxylic acids is 1. The number of allylic oxidation sites excluding steroid dienone is 2. The number of carbonyl (C=O) groups is 1. The van der Waals surface area contributed by atoms with Gasteiger partial charge in [0.2, 0.25) is 0 Å². The van der Waals surface area contributed by atoms with Gasteiger partial charge in [-0.3, -0.25) is 4.79 Å². The molecule has 5 atom stereocenters. The van der Waals surface area contributed by atoms with Gasteiger partial charge in [0, 0.05) is 6.42 Å². The van der Waals surface area contributed by atoms with Gasteiger partial charge in [-0.25, -0.2) is 0 Å². The van der Waals surface area contributed by atoms with Crippen molar-refractivity contribution in [2.24, 2.45) is 22.7 Å². The van der Waals surface area contributed by atoms with Crippen molar-refractivity contribution in [1.29, 1.82) is 0 Å². The van der Waals surface area contributed by atoms with Gasteiger partial charge < -0.3 is 10.2 Å². The highest BCUT2D eigenvalue weighted by molar-refractivity contribution is 5.95.